The molecule has 19 rings (SSSR count). The van der Waals surface area contributed by atoms with Crippen LogP contribution in [0.5, 0.6) is 40.2 Å². The quantitative estimate of drug-likeness (QED) is 0.0422. The number of aryl methyl sites for hydroxylation is 4. The van der Waals surface area contributed by atoms with E-state index < -0.39 is 6.10 Å². The number of hydrogen-bond donors (Lipinski definition) is 1. The predicted octanol–water partition coefficient (Wildman–Crippen LogP) is 18.6. The van der Waals surface area contributed by atoms with E-state index in [1.165, 1.54) is 44.9 Å². The van der Waals surface area contributed by atoms with Gasteiger partial charge in [-0.15, -0.1) is 0 Å². The Balaban J connectivity index is 0.000000129. The molecule has 0 bridgehead atoms. The molecular formula is C101H112N20O11. The first-order chi connectivity index (χ1) is 64.4. The normalized spacial score (nSPS) is 13.5. The van der Waals surface area contributed by atoms with Crippen molar-refractivity contribution in [1.29, 1.82) is 0 Å². The first-order valence-corrected chi connectivity index (χ1v) is 44.3. The lowest BCUT2D eigenvalue weighted by Crippen LogP contribution is -2.31. The fraction of sp³-hybridized carbons (Fsp3) is 0.327. The van der Waals surface area contributed by atoms with Crippen molar-refractivity contribution < 1.29 is 52.5 Å². The minimum atomic E-state index is -0.712. The summed E-state index contributed by atoms with van der Waals surface area (Å²) in [5.74, 6) is 6.67. The maximum Gasteiger partial charge on any atom is 0.184 e. The molecular weight excluding hydrogens is 1670 g/mol. The summed E-state index contributed by atoms with van der Waals surface area (Å²) in [6.45, 7) is 6.53. The molecule has 0 amide bonds. The highest BCUT2D eigenvalue weighted by molar-refractivity contribution is 5.87. The fourth-order valence-corrected chi connectivity index (χ4v) is 16.5. The molecule has 9 heterocycles. The molecule has 0 spiro atoms. The van der Waals surface area contributed by atoms with Crippen molar-refractivity contribution in [2.45, 2.75) is 77.1 Å². The van der Waals surface area contributed by atoms with E-state index in [0.717, 1.165) is 207 Å². The van der Waals surface area contributed by atoms with Gasteiger partial charge in [-0.2, -0.15) is 20.4 Å². The van der Waals surface area contributed by atoms with Gasteiger partial charge in [0.15, 0.2) is 6.29 Å². The molecule has 31 nitrogen and oxygen atoms in total. The number of nitrogens with zero attached hydrogens (tertiary/aromatic N) is 20. The van der Waals surface area contributed by atoms with Gasteiger partial charge >= 0.3 is 0 Å². The van der Waals surface area contributed by atoms with Gasteiger partial charge in [-0.25, -0.2) is 19.9 Å². The SMILES string of the molecule is CCCN(c1ccc2ncc(-c3cnn(C)c3)nc2c1)c1cc(OC)ccc1OC.COCC(O)CN(c1cc(OC)cc(OC)c1)c1ccc2ncc(-c3cnn(C)c3)nc2c1.COc1cc(C2OCCO2)cc(N(CC2CC2)c2ccc3ncc(-c4cnn(C)c4)nc3c2)c1.COc1cc(OC)cc(N(CCC2CCCCC2)c2ccc3ncc(-c4cnn(C)c4)nc3c2)c1. The van der Waals surface area contributed by atoms with Crippen LogP contribution in [0.4, 0.5) is 45.5 Å². The molecule has 1 saturated heterocycles. The molecule has 132 heavy (non-hydrogen) atoms. The smallest absolute Gasteiger partial charge is 0.184 e. The van der Waals surface area contributed by atoms with Gasteiger partial charge in [0.05, 0.1) is 204 Å². The van der Waals surface area contributed by atoms with Gasteiger partial charge in [0.25, 0.3) is 0 Å². The van der Waals surface area contributed by atoms with Crippen molar-refractivity contribution in [2.24, 2.45) is 40.0 Å². The molecule has 2 aliphatic carbocycles. The van der Waals surface area contributed by atoms with Crippen molar-refractivity contribution in [3.8, 4) is 85.3 Å². The summed E-state index contributed by atoms with van der Waals surface area (Å²) >= 11 is 0. The maximum atomic E-state index is 10.5. The zero-order valence-electron chi connectivity index (χ0n) is 76.9. The first-order valence-electron chi connectivity index (χ1n) is 44.3. The van der Waals surface area contributed by atoms with Crippen LogP contribution >= 0.6 is 0 Å². The fourth-order valence-electron chi connectivity index (χ4n) is 16.5. The number of anilines is 8. The molecule has 16 aromatic rings. The summed E-state index contributed by atoms with van der Waals surface area (Å²) in [5, 5.41) is 27.5. The number of aliphatic hydroxyl groups excluding tert-OH is 1. The first kappa shape index (κ1) is 90.9. The second-order valence-electron chi connectivity index (χ2n) is 32.9. The third kappa shape index (κ3) is 22.2. The van der Waals surface area contributed by atoms with E-state index in [-0.39, 0.29) is 12.9 Å². The van der Waals surface area contributed by atoms with Crippen LogP contribution in [0, 0.1) is 11.8 Å². The Labute approximate surface area is 767 Å². The number of ether oxygens (including phenoxy) is 10. The zero-order valence-corrected chi connectivity index (χ0v) is 76.9. The standard InChI is InChI=1S/C28H33N5O2.C26H27N5O3.C24H27N5O4.C23H25N5O2/c1-32-19-21(17-30-32)28-18-29-26-10-9-22(15-27(26)31-28)33(12-11-20-7-5-4-6-8-20)23-13-24(34-2)16-25(14-23)35-3;1-30-16-19(13-28-30)25-14-27-23-6-5-20(12-24(23)29-25)31(15-17-3-4-17)21-9-18(10-22(11-21)32-2)26-33-7-8-34-26;1-28-13-16(11-26-28)24-12-25-22-6-5-17(9-23(22)27-24)29(14-19(30)15-31-2)18-7-20(32-3)10-21(8-18)33-4;1-5-10-28(22-12-18(29-3)7-9-23(22)30-4)17-6-8-19-20(11-17)26-21(14-24-19)16-13-25-27(2)15-16/h9-10,13-20H,4-8,11-12H2,1-3H3;5-6,9-14,16-17,26H,3-4,7-8,15H2,1-2H3;5-13,19,30H,14-15H2,1-4H3;6-9,11-15H,5,10H2,1-4H3. The average molecular weight is 1780 g/mol. The molecule has 1 N–H and O–H groups in total. The van der Waals surface area contributed by atoms with Crippen molar-refractivity contribution in [2.75, 3.05) is 122 Å². The van der Waals surface area contributed by atoms with Crippen molar-refractivity contribution in [3.63, 3.8) is 0 Å². The lowest BCUT2D eigenvalue weighted by atomic mass is 9.87. The van der Waals surface area contributed by atoms with Gasteiger partial charge in [-0.3, -0.25) is 38.7 Å². The van der Waals surface area contributed by atoms with Gasteiger partial charge in [-0.05, 0) is 135 Å². The highest BCUT2D eigenvalue weighted by Crippen LogP contribution is 2.44. The Hall–Kier alpha value is -14.4. The van der Waals surface area contributed by atoms with Gasteiger partial charge in [0, 0.05) is 196 Å². The van der Waals surface area contributed by atoms with E-state index in [9.17, 15) is 5.11 Å². The number of rotatable bonds is 31. The van der Waals surface area contributed by atoms with Crippen LogP contribution in [0.15, 0.2) is 220 Å². The average Bonchev–Trinajstić information content (AvgIpc) is 1.44. The van der Waals surface area contributed by atoms with Crippen LogP contribution in [0.2, 0.25) is 0 Å². The van der Waals surface area contributed by atoms with Crippen molar-refractivity contribution in [3.05, 3.63) is 226 Å². The van der Waals surface area contributed by atoms with Gasteiger partial charge in [-0.1, -0.05) is 39.0 Å². The number of methoxy groups -OCH3 is 8. The highest BCUT2D eigenvalue weighted by Gasteiger charge is 2.29. The Kier molecular flexibility index (Phi) is 29.2. The van der Waals surface area contributed by atoms with Crippen molar-refractivity contribution >= 4 is 89.6 Å². The number of aliphatic hydroxyl groups is 1. The predicted molar refractivity (Wildman–Crippen MR) is 513 cm³/mol. The summed E-state index contributed by atoms with van der Waals surface area (Å²) in [7, 11) is 20.8. The molecule has 1 unspecified atom stereocenters. The van der Waals surface area contributed by atoms with Crippen LogP contribution < -0.4 is 52.8 Å². The second-order valence-corrected chi connectivity index (χ2v) is 32.9. The highest BCUT2D eigenvalue weighted by atomic mass is 16.7. The van der Waals surface area contributed by atoms with E-state index in [1.807, 2.05) is 149 Å². The molecule has 682 valence electrons. The topological polar surface area (TPSA) is 300 Å². The molecule has 0 radical (unpaired) electrons. The lowest BCUT2D eigenvalue weighted by Gasteiger charge is -2.29. The van der Waals surface area contributed by atoms with Gasteiger partial charge in [0.1, 0.15) is 40.2 Å². The molecule has 3 aliphatic rings. The Morgan fingerprint density at radius 3 is 1.15 bits per heavy atom. The Bertz CT molecular complexity index is 6560. The summed E-state index contributed by atoms with van der Waals surface area (Å²) in [6.07, 6.45) is 32.3. The van der Waals surface area contributed by atoms with E-state index in [1.54, 1.807) is 113 Å². The molecule has 1 atom stereocenters. The molecule has 31 heteroatoms. The second kappa shape index (κ2) is 42.4. The van der Waals surface area contributed by atoms with Crippen LogP contribution in [0.3, 0.4) is 0 Å². The zero-order chi connectivity index (χ0) is 91.7. The molecule has 8 aromatic carbocycles. The lowest BCUT2D eigenvalue weighted by molar-refractivity contribution is -0.0442. The van der Waals surface area contributed by atoms with Crippen LogP contribution in [-0.4, -0.2) is 193 Å². The molecule has 2 saturated carbocycles. The summed E-state index contributed by atoms with van der Waals surface area (Å²) in [6, 6.07) is 48.2. The minimum Gasteiger partial charge on any atom is -0.497 e. The Morgan fingerprint density at radius 1 is 0.371 bits per heavy atom. The monoisotopic (exact) mass is 1780 g/mol. The summed E-state index contributed by atoms with van der Waals surface area (Å²) in [4.78, 5) is 46.8. The number of benzene rings is 8. The number of aromatic nitrogens is 16. The van der Waals surface area contributed by atoms with E-state index in [0.29, 0.717) is 37.2 Å². The third-order valence-corrected chi connectivity index (χ3v) is 23.5. The third-order valence-electron chi connectivity index (χ3n) is 23.5. The van der Waals surface area contributed by atoms with Crippen LogP contribution in [0.1, 0.15) is 76.6 Å². The van der Waals surface area contributed by atoms with Crippen LogP contribution in [0.25, 0.3) is 89.2 Å². The maximum absolute atomic E-state index is 10.5. The van der Waals surface area contributed by atoms with Gasteiger partial charge < -0.3 is 72.1 Å². The summed E-state index contributed by atoms with van der Waals surface area (Å²) in [5.41, 5.74) is 22.4. The molecule has 3 fully saturated rings. The van der Waals surface area contributed by atoms with E-state index >= 15 is 0 Å². The van der Waals surface area contributed by atoms with Gasteiger partial charge in [0.2, 0.25) is 0 Å². The number of hydrogen-bond acceptors (Lipinski definition) is 27. The largest absolute Gasteiger partial charge is 0.497 e. The van der Waals surface area contributed by atoms with E-state index in [2.05, 4.69) is 129 Å². The van der Waals surface area contributed by atoms with E-state index in [4.69, 9.17) is 67.3 Å². The number of fused-ring (bicyclic) bond motifs is 4. The minimum absolute atomic E-state index is 0.205. The molecule has 8 aromatic heterocycles. The summed E-state index contributed by atoms with van der Waals surface area (Å²) < 4.78 is 62.5. The van der Waals surface area contributed by atoms with Crippen molar-refractivity contribution in [1.82, 2.24) is 79.0 Å². The molecule has 1 aliphatic heterocycles. The van der Waals surface area contributed by atoms with Crippen LogP contribution in [-0.2, 0) is 42.4 Å². The Morgan fingerprint density at radius 2 is 0.765 bits per heavy atom.